The monoisotopic (exact) mass is 346 g/mol. The fourth-order valence-electron chi connectivity index (χ4n) is 1.72. The van der Waals surface area contributed by atoms with Gasteiger partial charge in [0.1, 0.15) is 0 Å². The lowest BCUT2D eigenvalue weighted by Gasteiger charge is -1.99. The van der Waals surface area contributed by atoms with E-state index in [9.17, 15) is 4.79 Å². The number of ketones is 1. The van der Waals surface area contributed by atoms with Crippen molar-refractivity contribution in [2.75, 3.05) is 5.75 Å². The van der Waals surface area contributed by atoms with Crippen molar-refractivity contribution in [1.82, 2.24) is 0 Å². The number of hydrogen-bond donors (Lipinski definition) is 0. The standard InChI is InChI=1S/C17H15BrOS/c1-2-20-16-10-3-13(4-11-16)5-12-17(19)14-6-8-15(18)9-7-14/h3-12H,2H2,1H3/b12-5+. The molecule has 0 aliphatic heterocycles. The first-order valence-corrected chi connectivity index (χ1v) is 8.18. The second-order valence-corrected chi connectivity index (χ2v) is 6.46. The van der Waals surface area contributed by atoms with Crippen LogP contribution in [0.25, 0.3) is 6.08 Å². The molecule has 0 saturated carbocycles. The maximum Gasteiger partial charge on any atom is 0.185 e. The predicted molar refractivity (Wildman–Crippen MR) is 90.3 cm³/mol. The molecule has 0 radical (unpaired) electrons. The maximum absolute atomic E-state index is 12.0. The first-order chi connectivity index (χ1) is 9.69. The van der Waals surface area contributed by atoms with Crippen LogP contribution < -0.4 is 0 Å². The van der Waals surface area contributed by atoms with Gasteiger partial charge >= 0.3 is 0 Å². The summed E-state index contributed by atoms with van der Waals surface area (Å²) in [7, 11) is 0. The second kappa shape index (κ2) is 7.46. The van der Waals surface area contributed by atoms with Crippen LogP contribution in [-0.2, 0) is 0 Å². The van der Waals surface area contributed by atoms with E-state index in [2.05, 4.69) is 35.0 Å². The molecule has 2 aromatic rings. The fourth-order valence-corrected chi connectivity index (χ4v) is 2.65. The minimum Gasteiger partial charge on any atom is -0.289 e. The maximum atomic E-state index is 12.0. The van der Waals surface area contributed by atoms with Gasteiger partial charge in [-0.2, -0.15) is 0 Å². The van der Waals surface area contributed by atoms with Crippen molar-refractivity contribution in [3.63, 3.8) is 0 Å². The van der Waals surface area contributed by atoms with Crippen molar-refractivity contribution in [2.45, 2.75) is 11.8 Å². The molecule has 0 aliphatic rings. The Morgan fingerprint density at radius 1 is 1.10 bits per heavy atom. The molecule has 0 fully saturated rings. The molecule has 0 bridgehead atoms. The number of thioether (sulfide) groups is 1. The molecule has 0 unspecified atom stereocenters. The molecule has 0 N–H and O–H groups in total. The number of hydrogen-bond acceptors (Lipinski definition) is 2. The third kappa shape index (κ3) is 4.36. The minimum absolute atomic E-state index is 0.0181. The highest BCUT2D eigenvalue weighted by molar-refractivity contribution is 9.10. The van der Waals surface area contributed by atoms with Gasteiger partial charge in [0.2, 0.25) is 0 Å². The van der Waals surface area contributed by atoms with Crippen LogP contribution in [0.15, 0.2) is 64.0 Å². The zero-order chi connectivity index (χ0) is 14.4. The molecule has 20 heavy (non-hydrogen) atoms. The van der Waals surface area contributed by atoms with E-state index in [0.717, 1.165) is 15.8 Å². The first kappa shape index (κ1) is 15.1. The second-order valence-electron chi connectivity index (χ2n) is 4.21. The van der Waals surface area contributed by atoms with E-state index in [0.29, 0.717) is 5.56 Å². The molecule has 102 valence electrons. The van der Waals surface area contributed by atoms with Gasteiger partial charge in [-0.1, -0.05) is 41.1 Å². The van der Waals surface area contributed by atoms with Crippen LogP contribution in [0.3, 0.4) is 0 Å². The van der Waals surface area contributed by atoms with Crippen molar-refractivity contribution in [1.29, 1.82) is 0 Å². The highest BCUT2D eigenvalue weighted by Gasteiger charge is 2.00. The van der Waals surface area contributed by atoms with E-state index in [-0.39, 0.29) is 5.78 Å². The molecule has 0 spiro atoms. The van der Waals surface area contributed by atoms with Gasteiger partial charge in [-0.3, -0.25) is 4.79 Å². The summed E-state index contributed by atoms with van der Waals surface area (Å²) in [5, 5.41) is 0. The van der Waals surface area contributed by atoms with Gasteiger partial charge in [0.05, 0.1) is 0 Å². The molecule has 0 atom stereocenters. The average Bonchev–Trinajstić information content (AvgIpc) is 2.47. The lowest BCUT2D eigenvalue weighted by atomic mass is 10.1. The molecule has 0 saturated heterocycles. The van der Waals surface area contributed by atoms with Crippen LogP contribution in [0.5, 0.6) is 0 Å². The van der Waals surface area contributed by atoms with Crippen LogP contribution in [-0.4, -0.2) is 11.5 Å². The predicted octanol–water partition coefficient (Wildman–Crippen LogP) is 5.46. The van der Waals surface area contributed by atoms with Crippen LogP contribution in [0, 0.1) is 0 Å². The highest BCUT2D eigenvalue weighted by Crippen LogP contribution is 2.18. The number of halogens is 1. The summed E-state index contributed by atoms with van der Waals surface area (Å²) < 4.78 is 0.974. The number of carbonyl (C=O) groups excluding carboxylic acids is 1. The fraction of sp³-hybridized carbons (Fsp3) is 0.118. The summed E-state index contributed by atoms with van der Waals surface area (Å²) in [6.07, 6.45) is 3.47. The van der Waals surface area contributed by atoms with Crippen molar-refractivity contribution in [2.24, 2.45) is 0 Å². The van der Waals surface area contributed by atoms with Crippen molar-refractivity contribution < 1.29 is 4.79 Å². The molecule has 2 rings (SSSR count). The van der Waals surface area contributed by atoms with Crippen molar-refractivity contribution in [3.8, 4) is 0 Å². The largest absolute Gasteiger partial charge is 0.289 e. The zero-order valence-corrected chi connectivity index (χ0v) is 13.6. The minimum atomic E-state index is 0.0181. The van der Waals surface area contributed by atoms with E-state index in [4.69, 9.17) is 0 Å². The van der Waals surface area contributed by atoms with Crippen molar-refractivity contribution >= 4 is 39.6 Å². The van der Waals surface area contributed by atoms with Crippen LogP contribution in [0.2, 0.25) is 0 Å². The summed E-state index contributed by atoms with van der Waals surface area (Å²) in [4.78, 5) is 13.2. The Bertz CT molecular complexity index is 600. The molecule has 0 heterocycles. The van der Waals surface area contributed by atoms with E-state index in [1.54, 1.807) is 6.08 Å². The Balaban J connectivity index is 2.04. The smallest absolute Gasteiger partial charge is 0.185 e. The normalized spacial score (nSPS) is 10.9. The SMILES string of the molecule is CCSc1ccc(/C=C/C(=O)c2ccc(Br)cc2)cc1. The number of carbonyl (C=O) groups is 1. The molecule has 0 amide bonds. The number of rotatable bonds is 5. The van der Waals surface area contributed by atoms with Gasteiger partial charge in [0, 0.05) is 14.9 Å². The van der Waals surface area contributed by atoms with Gasteiger partial charge in [-0.05, 0) is 53.8 Å². The Hall–Kier alpha value is -1.32. The number of allylic oxidation sites excluding steroid dienone is 1. The van der Waals surface area contributed by atoms with Crippen LogP contribution in [0.1, 0.15) is 22.8 Å². The highest BCUT2D eigenvalue weighted by atomic mass is 79.9. The lowest BCUT2D eigenvalue weighted by molar-refractivity contribution is 0.104. The molecule has 2 aromatic carbocycles. The summed E-state index contributed by atoms with van der Waals surface area (Å²) >= 11 is 5.17. The van der Waals surface area contributed by atoms with Gasteiger partial charge in [-0.25, -0.2) is 0 Å². The summed E-state index contributed by atoms with van der Waals surface area (Å²) in [5.74, 6) is 1.08. The Labute approximate surface area is 132 Å². The molecule has 0 aliphatic carbocycles. The molecular formula is C17H15BrOS. The van der Waals surface area contributed by atoms with E-state index in [1.807, 2.05) is 54.2 Å². The summed E-state index contributed by atoms with van der Waals surface area (Å²) in [6.45, 7) is 2.13. The molecular weight excluding hydrogens is 332 g/mol. The van der Waals surface area contributed by atoms with Gasteiger partial charge < -0.3 is 0 Å². The summed E-state index contributed by atoms with van der Waals surface area (Å²) in [5.41, 5.74) is 1.73. The first-order valence-electron chi connectivity index (χ1n) is 6.40. The van der Waals surface area contributed by atoms with Gasteiger partial charge in [0.15, 0.2) is 5.78 Å². The van der Waals surface area contributed by atoms with Crippen LogP contribution in [0.4, 0.5) is 0 Å². The molecule has 3 heteroatoms. The average molecular weight is 347 g/mol. The van der Waals surface area contributed by atoms with Gasteiger partial charge in [-0.15, -0.1) is 11.8 Å². The van der Waals surface area contributed by atoms with E-state index >= 15 is 0 Å². The zero-order valence-electron chi connectivity index (χ0n) is 11.2. The lowest BCUT2D eigenvalue weighted by Crippen LogP contribution is -1.93. The summed E-state index contributed by atoms with van der Waals surface area (Å²) in [6, 6.07) is 15.6. The topological polar surface area (TPSA) is 17.1 Å². The number of benzene rings is 2. The van der Waals surface area contributed by atoms with E-state index < -0.39 is 0 Å². The van der Waals surface area contributed by atoms with E-state index in [1.165, 1.54) is 4.90 Å². The molecule has 0 aromatic heterocycles. The van der Waals surface area contributed by atoms with Crippen LogP contribution >= 0.6 is 27.7 Å². The van der Waals surface area contributed by atoms with Gasteiger partial charge in [0.25, 0.3) is 0 Å². The Morgan fingerprint density at radius 2 is 1.75 bits per heavy atom. The third-order valence-electron chi connectivity index (χ3n) is 2.75. The Morgan fingerprint density at radius 3 is 2.35 bits per heavy atom. The van der Waals surface area contributed by atoms with Crippen molar-refractivity contribution in [3.05, 3.63) is 70.2 Å². The quantitative estimate of drug-likeness (QED) is 0.406. The third-order valence-corrected chi connectivity index (χ3v) is 4.17. The Kier molecular flexibility index (Phi) is 5.62. The molecule has 1 nitrogen and oxygen atoms in total.